The third-order valence-electron chi connectivity index (χ3n) is 4.28. The lowest BCUT2D eigenvalue weighted by molar-refractivity contribution is 0.0664. The van der Waals surface area contributed by atoms with Crippen LogP contribution in [0.25, 0.3) is 11.5 Å². The molecular formula is C15H17N7O2S. The zero-order valence-electron chi connectivity index (χ0n) is 13.7. The molecule has 9 nitrogen and oxygen atoms in total. The number of carbonyl (C=O) groups is 1. The van der Waals surface area contributed by atoms with E-state index in [-0.39, 0.29) is 11.9 Å². The van der Waals surface area contributed by atoms with Gasteiger partial charge in [-0.25, -0.2) is 0 Å². The number of rotatable bonds is 3. The Morgan fingerprint density at radius 2 is 2.28 bits per heavy atom. The summed E-state index contributed by atoms with van der Waals surface area (Å²) in [7, 11) is 1.83. The van der Waals surface area contributed by atoms with Crippen molar-refractivity contribution in [3.63, 3.8) is 0 Å². The molecule has 0 aromatic carbocycles. The minimum Gasteiger partial charge on any atom is -0.334 e. The van der Waals surface area contributed by atoms with Crippen molar-refractivity contribution in [2.75, 3.05) is 6.54 Å². The molecule has 1 saturated heterocycles. The molecule has 0 radical (unpaired) electrons. The van der Waals surface area contributed by atoms with Gasteiger partial charge in [-0.15, -0.1) is 5.10 Å². The fourth-order valence-electron chi connectivity index (χ4n) is 3.04. The first-order valence-electron chi connectivity index (χ1n) is 8.13. The minimum atomic E-state index is -0.217. The van der Waals surface area contributed by atoms with E-state index in [4.69, 9.17) is 4.52 Å². The van der Waals surface area contributed by atoms with Crippen LogP contribution in [-0.2, 0) is 7.05 Å². The molecule has 130 valence electrons. The molecule has 1 unspecified atom stereocenters. The van der Waals surface area contributed by atoms with E-state index >= 15 is 0 Å². The third kappa shape index (κ3) is 3.16. The van der Waals surface area contributed by atoms with Crippen molar-refractivity contribution in [2.24, 2.45) is 7.05 Å². The molecule has 4 rings (SSSR count). The van der Waals surface area contributed by atoms with Gasteiger partial charge in [-0.3, -0.25) is 9.48 Å². The summed E-state index contributed by atoms with van der Waals surface area (Å²) in [4.78, 5) is 19.1. The van der Waals surface area contributed by atoms with E-state index in [0.717, 1.165) is 31.2 Å². The highest BCUT2D eigenvalue weighted by Gasteiger charge is 2.32. The average Bonchev–Trinajstić information content (AvgIpc) is 3.34. The van der Waals surface area contributed by atoms with Crippen molar-refractivity contribution in [1.82, 2.24) is 34.4 Å². The van der Waals surface area contributed by atoms with E-state index in [9.17, 15) is 4.79 Å². The SMILES string of the molecule is Cn1cc(-c2nc(C3CCCCCN3C(=O)c3csnn3)no2)cn1. The van der Waals surface area contributed by atoms with Gasteiger partial charge in [0.25, 0.3) is 11.8 Å². The Bertz CT molecular complexity index is 857. The zero-order valence-corrected chi connectivity index (χ0v) is 14.5. The van der Waals surface area contributed by atoms with Crippen molar-refractivity contribution in [3.05, 3.63) is 29.3 Å². The molecule has 1 atom stereocenters. The lowest BCUT2D eigenvalue weighted by Gasteiger charge is -2.26. The molecule has 0 aliphatic carbocycles. The Kier molecular flexibility index (Phi) is 4.26. The molecule has 1 fully saturated rings. The van der Waals surface area contributed by atoms with Crippen molar-refractivity contribution in [1.29, 1.82) is 0 Å². The lowest BCUT2D eigenvalue weighted by Crippen LogP contribution is -2.35. The van der Waals surface area contributed by atoms with E-state index < -0.39 is 0 Å². The van der Waals surface area contributed by atoms with Crippen LogP contribution in [-0.4, -0.2) is 46.9 Å². The molecule has 3 aromatic rings. The van der Waals surface area contributed by atoms with Crippen molar-refractivity contribution >= 4 is 17.4 Å². The molecule has 3 aromatic heterocycles. The van der Waals surface area contributed by atoms with Gasteiger partial charge in [0.15, 0.2) is 11.5 Å². The van der Waals surface area contributed by atoms with Gasteiger partial charge >= 0.3 is 0 Å². The molecular weight excluding hydrogens is 342 g/mol. The van der Waals surface area contributed by atoms with Gasteiger partial charge in [-0.05, 0) is 24.4 Å². The summed E-state index contributed by atoms with van der Waals surface area (Å²) < 4.78 is 10.9. The van der Waals surface area contributed by atoms with Gasteiger partial charge in [0.2, 0.25) is 0 Å². The number of likely N-dealkylation sites (tertiary alicyclic amines) is 1. The van der Waals surface area contributed by atoms with Gasteiger partial charge in [0, 0.05) is 25.2 Å². The maximum Gasteiger partial charge on any atom is 0.275 e. The second-order valence-electron chi connectivity index (χ2n) is 6.01. The van der Waals surface area contributed by atoms with Crippen LogP contribution in [0.4, 0.5) is 0 Å². The molecule has 1 amide bonds. The summed E-state index contributed by atoms with van der Waals surface area (Å²) in [6.45, 7) is 0.651. The molecule has 25 heavy (non-hydrogen) atoms. The number of hydrogen-bond donors (Lipinski definition) is 0. The van der Waals surface area contributed by atoms with Crippen LogP contribution in [0, 0.1) is 0 Å². The fraction of sp³-hybridized carbons (Fsp3) is 0.467. The Morgan fingerprint density at radius 3 is 3.04 bits per heavy atom. The first kappa shape index (κ1) is 15.9. The summed E-state index contributed by atoms with van der Waals surface area (Å²) >= 11 is 1.17. The Balaban J connectivity index is 1.63. The predicted octanol–water partition coefficient (Wildman–Crippen LogP) is 2.08. The topological polar surface area (TPSA) is 103 Å². The molecule has 10 heteroatoms. The maximum absolute atomic E-state index is 12.8. The van der Waals surface area contributed by atoms with Crippen LogP contribution in [0.1, 0.15) is 48.0 Å². The van der Waals surface area contributed by atoms with E-state index in [1.165, 1.54) is 11.5 Å². The fourth-order valence-corrected chi connectivity index (χ4v) is 3.47. The number of hydrogen-bond acceptors (Lipinski definition) is 8. The molecule has 0 bridgehead atoms. The summed E-state index contributed by atoms with van der Waals surface area (Å²) in [5, 5.41) is 13.8. The van der Waals surface area contributed by atoms with Gasteiger partial charge in [-0.1, -0.05) is 22.5 Å². The van der Waals surface area contributed by atoms with Crippen LogP contribution < -0.4 is 0 Å². The van der Waals surface area contributed by atoms with Crippen LogP contribution >= 0.6 is 11.5 Å². The van der Waals surface area contributed by atoms with Crippen molar-refractivity contribution in [3.8, 4) is 11.5 Å². The summed E-state index contributed by atoms with van der Waals surface area (Å²) in [6.07, 6.45) is 7.33. The van der Waals surface area contributed by atoms with Gasteiger partial charge in [0.05, 0.1) is 17.8 Å². The van der Waals surface area contributed by atoms with Crippen LogP contribution in [0.3, 0.4) is 0 Å². The third-order valence-corrected chi connectivity index (χ3v) is 4.79. The summed E-state index contributed by atoms with van der Waals surface area (Å²) in [5.41, 5.74) is 1.13. The van der Waals surface area contributed by atoms with Crippen LogP contribution in [0.15, 0.2) is 22.3 Å². The monoisotopic (exact) mass is 359 g/mol. The first-order valence-corrected chi connectivity index (χ1v) is 8.96. The smallest absolute Gasteiger partial charge is 0.275 e. The number of nitrogens with zero attached hydrogens (tertiary/aromatic N) is 7. The predicted molar refractivity (Wildman–Crippen MR) is 88.7 cm³/mol. The highest BCUT2D eigenvalue weighted by Crippen LogP contribution is 2.31. The number of aromatic nitrogens is 6. The van der Waals surface area contributed by atoms with Crippen molar-refractivity contribution < 1.29 is 9.32 Å². The van der Waals surface area contributed by atoms with E-state index in [1.54, 1.807) is 21.2 Å². The summed E-state index contributed by atoms with van der Waals surface area (Å²) in [5.74, 6) is 0.806. The molecule has 0 spiro atoms. The average molecular weight is 359 g/mol. The maximum atomic E-state index is 12.8. The van der Waals surface area contributed by atoms with Gasteiger partial charge < -0.3 is 9.42 Å². The Morgan fingerprint density at radius 1 is 1.36 bits per heavy atom. The highest BCUT2D eigenvalue weighted by atomic mass is 32.1. The second-order valence-corrected chi connectivity index (χ2v) is 6.62. The number of aryl methyl sites for hydroxylation is 1. The highest BCUT2D eigenvalue weighted by molar-refractivity contribution is 7.03. The summed E-state index contributed by atoms with van der Waals surface area (Å²) in [6, 6.07) is -0.217. The number of carbonyl (C=O) groups excluding carboxylic acids is 1. The van der Waals surface area contributed by atoms with Crippen LogP contribution in [0.2, 0.25) is 0 Å². The zero-order chi connectivity index (χ0) is 17.2. The lowest BCUT2D eigenvalue weighted by atomic mass is 10.1. The van der Waals surface area contributed by atoms with E-state index in [0.29, 0.717) is 24.0 Å². The standard InChI is InChI=1S/C15H17N7O2S/c1-21-8-10(7-16-21)14-17-13(19-24-14)12-5-3-2-4-6-22(12)15(23)11-9-25-20-18-11/h7-9,12H,2-6H2,1H3. The molecule has 0 N–H and O–H groups in total. The normalized spacial score (nSPS) is 18.3. The van der Waals surface area contributed by atoms with Gasteiger partial charge in [0.1, 0.15) is 0 Å². The van der Waals surface area contributed by atoms with E-state index in [1.807, 2.05) is 13.2 Å². The largest absolute Gasteiger partial charge is 0.334 e. The van der Waals surface area contributed by atoms with Gasteiger partial charge in [-0.2, -0.15) is 10.1 Å². The first-order chi connectivity index (χ1) is 12.2. The number of amides is 1. The molecule has 0 saturated carbocycles. The minimum absolute atomic E-state index is 0.131. The molecule has 1 aliphatic rings. The molecule has 1 aliphatic heterocycles. The Labute approximate surface area is 147 Å². The quantitative estimate of drug-likeness (QED) is 0.705. The molecule has 4 heterocycles. The second kappa shape index (κ2) is 6.71. The Hall–Kier alpha value is -2.62. The van der Waals surface area contributed by atoms with Crippen molar-refractivity contribution in [2.45, 2.75) is 31.7 Å². The van der Waals surface area contributed by atoms with Crippen LogP contribution in [0.5, 0.6) is 0 Å². The van der Waals surface area contributed by atoms with E-state index in [2.05, 4.69) is 24.8 Å².